The molecule has 1 saturated heterocycles. The molecule has 22 heavy (non-hydrogen) atoms. The average molecular weight is 322 g/mol. The molecule has 7 heteroatoms. The van der Waals surface area contributed by atoms with E-state index in [0.717, 1.165) is 50.3 Å². The van der Waals surface area contributed by atoms with Gasteiger partial charge in [0.2, 0.25) is 11.9 Å². The smallest absolute Gasteiger partial charge is 0.223 e. The minimum atomic E-state index is 0.143. The van der Waals surface area contributed by atoms with Crippen molar-refractivity contribution in [2.75, 3.05) is 31.5 Å². The molecule has 2 N–H and O–H groups in total. The number of halogens is 1. The largest absolute Gasteiger partial charge is 0.351 e. The van der Waals surface area contributed by atoms with Crippen LogP contribution in [-0.4, -0.2) is 53.0 Å². The van der Waals surface area contributed by atoms with Crippen molar-refractivity contribution >= 4 is 29.0 Å². The number of carbonyl (C=O) groups is 1. The Bertz CT molecular complexity index is 596. The third-order valence-corrected chi connectivity index (χ3v) is 4.41. The number of anilines is 1. The van der Waals surface area contributed by atoms with E-state index in [1.807, 2.05) is 4.90 Å². The lowest BCUT2D eigenvalue weighted by atomic mass is 10.1. The van der Waals surface area contributed by atoms with Crippen molar-refractivity contribution < 1.29 is 4.79 Å². The van der Waals surface area contributed by atoms with Gasteiger partial charge in [0.05, 0.1) is 16.9 Å². The van der Waals surface area contributed by atoms with Gasteiger partial charge in [-0.1, -0.05) is 17.7 Å². The van der Waals surface area contributed by atoms with Crippen LogP contribution in [-0.2, 0) is 4.79 Å². The number of hydrogen-bond acceptors (Lipinski definition) is 5. The molecule has 1 aromatic heterocycles. The maximum atomic E-state index is 11.3. The summed E-state index contributed by atoms with van der Waals surface area (Å²) in [7, 11) is 0. The normalized spacial score (nSPS) is 19.2. The van der Waals surface area contributed by atoms with Crippen molar-refractivity contribution in [3.63, 3.8) is 0 Å². The highest BCUT2D eigenvalue weighted by molar-refractivity contribution is 6.32. The summed E-state index contributed by atoms with van der Waals surface area (Å²) >= 11 is 6.21. The number of nitrogens with zero attached hydrogens (tertiary/aromatic N) is 3. The number of hydrogen-bond donors (Lipinski definition) is 2. The zero-order valence-electron chi connectivity index (χ0n) is 12.6. The van der Waals surface area contributed by atoms with Crippen LogP contribution in [0.1, 0.15) is 25.5 Å². The lowest BCUT2D eigenvalue weighted by Gasteiger charge is -2.31. The molecule has 1 amide bonds. The van der Waals surface area contributed by atoms with Crippen LogP contribution in [0, 0.1) is 0 Å². The molecule has 0 atom stereocenters. The van der Waals surface area contributed by atoms with Crippen molar-refractivity contribution in [3.8, 4) is 0 Å². The van der Waals surface area contributed by atoms with E-state index in [4.69, 9.17) is 11.6 Å². The van der Waals surface area contributed by atoms with E-state index >= 15 is 0 Å². The minimum Gasteiger partial charge on any atom is -0.351 e. The highest BCUT2D eigenvalue weighted by Gasteiger charge is 2.21. The highest BCUT2D eigenvalue weighted by Crippen LogP contribution is 2.24. The standard InChI is InChI=1S/C15H20ClN5O/c1-10(22)21-6-3-12(4-7-21)19-15-18-9-13(16)14(20-15)11-2-5-17-8-11/h2,9,12,17H,3-8H2,1H3,(H,18,19,20). The summed E-state index contributed by atoms with van der Waals surface area (Å²) in [5.74, 6) is 0.748. The molecule has 3 heterocycles. The summed E-state index contributed by atoms with van der Waals surface area (Å²) < 4.78 is 0. The Morgan fingerprint density at radius 2 is 2.23 bits per heavy atom. The number of amides is 1. The predicted molar refractivity (Wildman–Crippen MR) is 86.8 cm³/mol. The molecule has 2 aliphatic heterocycles. The van der Waals surface area contributed by atoms with Crippen molar-refractivity contribution in [3.05, 3.63) is 23.0 Å². The number of piperidine rings is 1. The Morgan fingerprint density at radius 3 is 2.86 bits per heavy atom. The topological polar surface area (TPSA) is 70.2 Å². The molecular weight excluding hydrogens is 302 g/mol. The van der Waals surface area contributed by atoms with Gasteiger partial charge in [-0.2, -0.15) is 0 Å². The lowest BCUT2D eigenvalue weighted by Crippen LogP contribution is -2.41. The van der Waals surface area contributed by atoms with Crippen LogP contribution in [0.3, 0.4) is 0 Å². The lowest BCUT2D eigenvalue weighted by molar-refractivity contribution is -0.129. The molecule has 118 valence electrons. The summed E-state index contributed by atoms with van der Waals surface area (Å²) in [6.45, 7) is 4.81. The van der Waals surface area contributed by atoms with Crippen LogP contribution in [0.25, 0.3) is 5.57 Å². The average Bonchev–Trinajstić information content (AvgIpc) is 3.04. The molecule has 0 bridgehead atoms. The number of carbonyl (C=O) groups excluding carboxylic acids is 1. The van der Waals surface area contributed by atoms with Gasteiger partial charge in [-0.15, -0.1) is 0 Å². The summed E-state index contributed by atoms with van der Waals surface area (Å²) in [5, 5.41) is 7.19. The Hall–Kier alpha value is -1.66. The third-order valence-electron chi connectivity index (χ3n) is 4.13. The third kappa shape index (κ3) is 3.39. The first-order valence-corrected chi connectivity index (χ1v) is 7.96. The summed E-state index contributed by atoms with van der Waals surface area (Å²) in [5.41, 5.74) is 1.91. The van der Waals surface area contributed by atoms with Crippen LogP contribution in [0.15, 0.2) is 12.3 Å². The number of nitrogens with one attached hydrogen (secondary N) is 2. The quantitative estimate of drug-likeness (QED) is 0.883. The minimum absolute atomic E-state index is 0.143. The fraction of sp³-hybridized carbons (Fsp3) is 0.533. The number of aromatic nitrogens is 2. The SMILES string of the molecule is CC(=O)N1CCC(Nc2ncc(Cl)c(C3=CCNC3)n2)CC1. The molecule has 0 unspecified atom stereocenters. The monoisotopic (exact) mass is 321 g/mol. The molecule has 2 aliphatic rings. The zero-order valence-corrected chi connectivity index (χ0v) is 13.4. The van der Waals surface area contributed by atoms with Gasteiger partial charge < -0.3 is 15.5 Å². The van der Waals surface area contributed by atoms with E-state index in [1.165, 1.54) is 0 Å². The Kier molecular flexibility index (Phi) is 4.59. The van der Waals surface area contributed by atoms with E-state index in [1.54, 1.807) is 13.1 Å². The van der Waals surface area contributed by atoms with Gasteiger partial charge >= 0.3 is 0 Å². The van der Waals surface area contributed by atoms with E-state index < -0.39 is 0 Å². The Morgan fingerprint density at radius 1 is 1.45 bits per heavy atom. The maximum absolute atomic E-state index is 11.3. The van der Waals surface area contributed by atoms with Crippen molar-refractivity contribution in [1.29, 1.82) is 0 Å². The van der Waals surface area contributed by atoms with Gasteiger partial charge in [0.25, 0.3) is 0 Å². The van der Waals surface area contributed by atoms with Crippen molar-refractivity contribution in [2.45, 2.75) is 25.8 Å². The molecule has 0 saturated carbocycles. The number of rotatable bonds is 3. The van der Waals surface area contributed by atoms with Crippen LogP contribution in [0.2, 0.25) is 5.02 Å². The Balaban J connectivity index is 1.66. The Labute approximate surface area is 135 Å². The van der Waals surface area contributed by atoms with E-state index in [9.17, 15) is 4.79 Å². The van der Waals surface area contributed by atoms with Gasteiger partial charge in [0.15, 0.2) is 0 Å². The van der Waals surface area contributed by atoms with Gasteiger partial charge in [0, 0.05) is 39.1 Å². The fourth-order valence-electron chi connectivity index (χ4n) is 2.84. The summed E-state index contributed by atoms with van der Waals surface area (Å²) in [6.07, 6.45) is 5.57. The van der Waals surface area contributed by atoms with E-state index in [-0.39, 0.29) is 5.91 Å². The highest BCUT2D eigenvalue weighted by atomic mass is 35.5. The number of likely N-dealkylation sites (tertiary alicyclic amines) is 1. The first-order valence-electron chi connectivity index (χ1n) is 7.58. The molecule has 1 aromatic rings. The molecule has 0 radical (unpaired) electrons. The molecule has 0 aliphatic carbocycles. The van der Waals surface area contributed by atoms with Gasteiger partial charge in [0.1, 0.15) is 0 Å². The second kappa shape index (κ2) is 6.62. The zero-order chi connectivity index (χ0) is 15.5. The molecule has 1 fully saturated rings. The van der Waals surface area contributed by atoms with Crippen molar-refractivity contribution in [2.24, 2.45) is 0 Å². The predicted octanol–water partition coefficient (Wildman–Crippen LogP) is 1.54. The second-order valence-electron chi connectivity index (χ2n) is 5.68. The van der Waals surface area contributed by atoms with Crippen LogP contribution in [0.4, 0.5) is 5.95 Å². The molecule has 6 nitrogen and oxygen atoms in total. The second-order valence-corrected chi connectivity index (χ2v) is 6.08. The molecular formula is C15H20ClN5O. The molecule has 0 spiro atoms. The first kappa shape index (κ1) is 15.2. The molecule has 3 rings (SSSR count). The van der Waals surface area contributed by atoms with E-state index in [0.29, 0.717) is 17.0 Å². The van der Waals surface area contributed by atoms with E-state index in [2.05, 4.69) is 26.7 Å². The van der Waals surface area contributed by atoms with Crippen LogP contribution >= 0.6 is 11.6 Å². The fourth-order valence-corrected chi connectivity index (χ4v) is 3.05. The summed E-state index contributed by atoms with van der Waals surface area (Å²) in [4.78, 5) is 22.1. The van der Waals surface area contributed by atoms with Crippen LogP contribution < -0.4 is 10.6 Å². The maximum Gasteiger partial charge on any atom is 0.223 e. The first-order chi connectivity index (χ1) is 10.6. The summed E-state index contributed by atoms with van der Waals surface area (Å²) in [6, 6.07) is 0.292. The van der Waals surface area contributed by atoms with Gasteiger partial charge in [-0.3, -0.25) is 4.79 Å². The van der Waals surface area contributed by atoms with Crippen LogP contribution in [0.5, 0.6) is 0 Å². The van der Waals surface area contributed by atoms with Gasteiger partial charge in [-0.05, 0) is 18.4 Å². The van der Waals surface area contributed by atoms with Gasteiger partial charge in [-0.25, -0.2) is 9.97 Å². The molecule has 0 aromatic carbocycles. The van der Waals surface area contributed by atoms with Crippen molar-refractivity contribution in [1.82, 2.24) is 20.2 Å².